The van der Waals surface area contributed by atoms with Gasteiger partial charge in [-0.1, -0.05) is 42.5 Å². The van der Waals surface area contributed by atoms with Gasteiger partial charge in [0.25, 0.3) is 0 Å². The molecular formula is C23H23NO4. The van der Waals surface area contributed by atoms with Gasteiger partial charge in [0.1, 0.15) is 6.61 Å². The lowest BCUT2D eigenvalue weighted by Gasteiger charge is -2.13. The summed E-state index contributed by atoms with van der Waals surface area (Å²) in [7, 11) is 1.66. The van der Waals surface area contributed by atoms with Crippen molar-refractivity contribution in [2.45, 2.75) is 19.7 Å². The second kappa shape index (κ2) is 8.67. The van der Waals surface area contributed by atoms with Crippen molar-refractivity contribution in [2.75, 3.05) is 13.9 Å². The number of fused-ring (bicyclic) bond motifs is 1. The molecule has 0 saturated carbocycles. The zero-order chi connectivity index (χ0) is 19.2. The van der Waals surface area contributed by atoms with Gasteiger partial charge in [-0.3, -0.25) is 0 Å². The minimum atomic E-state index is 0.296. The summed E-state index contributed by atoms with van der Waals surface area (Å²) in [5.74, 6) is 3.09. The molecule has 3 aromatic carbocycles. The van der Waals surface area contributed by atoms with Gasteiger partial charge in [0.2, 0.25) is 6.79 Å². The normalized spacial score (nSPS) is 12.0. The van der Waals surface area contributed by atoms with E-state index >= 15 is 0 Å². The highest BCUT2D eigenvalue weighted by molar-refractivity contribution is 5.45. The third-order valence-electron chi connectivity index (χ3n) is 4.56. The summed E-state index contributed by atoms with van der Waals surface area (Å²) >= 11 is 0. The summed E-state index contributed by atoms with van der Waals surface area (Å²) in [4.78, 5) is 0. The van der Waals surface area contributed by atoms with Crippen LogP contribution < -0.4 is 24.3 Å². The van der Waals surface area contributed by atoms with Crippen LogP contribution in [0.25, 0.3) is 0 Å². The Labute approximate surface area is 164 Å². The maximum absolute atomic E-state index is 5.91. The Morgan fingerprint density at radius 1 is 0.786 bits per heavy atom. The quantitative estimate of drug-likeness (QED) is 0.635. The molecule has 144 valence electrons. The third kappa shape index (κ3) is 4.38. The standard InChI is InChI=1S/C23H23NO4/c1-25-22-11-18(7-9-20(22)26-15-17-5-3-2-4-6-17)13-24-14-19-8-10-21-23(12-19)28-16-27-21/h2-12,24H,13-16H2,1H3. The largest absolute Gasteiger partial charge is 0.493 e. The first-order chi connectivity index (χ1) is 13.8. The molecule has 3 aromatic rings. The van der Waals surface area contributed by atoms with E-state index in [0.29, 0.717) is 13.4 Å². The van der Waals surface area contributed by atoms with Crippen LogP contribution in [0.15, 0.2) is 66.7 Å². The van der Waals surface area contributed by atoms with Gasteiger partial charge in [0.15, 0.2) is 23.0 Å². The molecule has 0 fully saturated rings. The smallest absolute Gasteiger partial charge is 0.231 e. The summed E-state index contributed by atoms with van der Waals surface area (Å²) in [5, 5.41) is 3.45. The predicted octanol–water partition coefficient (Wildman–Crippen LogP) is 4.29. The molecule has 0 spiro atoms. The third-order valence-corrected chi connectivity index (χ3v) is 4.56. The molecule has 0 amide bonds. The van der Waals surface area contributed by atoms with Crippen molar-refractivity contribution in [3.05, 3.63) is 83.4 Å². The SMILES string of the molecule is COc1cc(CNCc2ccc3c(c2)OCO3)ccc1OCc1ccccc1. The van der Waals surface area contributed by atoms with E-state index in [9.17, 15) is 0 Å². The van der Waals surface area contributed by atoms with Crippen LogP contribution in [0.4, 0.5) is 0 Å². The minimum absolute atomic E-state index is 0.296. The summed E-state index contributed by atoms with van der Waals surface area (Å²) in [6.45, 7) is 2.28. The van der Waals surface area contributed by atoms with E-state index < -0.39 is 0 Å². The fraction of sp³-hybridized carbons (Fsp3) is 0.217. The minimum Gasteiger partial charge on any atom is -0.493 e. The van der Waals surface area contributed by atoms with Crippen LogP contribution in [0.5, 0.6) is 23.0 Å². The first-order valence-electron chi connectivity index (χ1n) is 9.25. The number of hydrogen-bond acceptors (Lipinski definition) is 5. The number of benzene rings is 3. The highest BCUT2D eigenvalue weighted by atomic mass is 16.7. The van der Waals surface area contributed by atoms with Gasteiger partial charge in [-0.05, 0) is 41.0 Å². The lowest BCUT2D eigenvalue weighted by Crippen LogP contribution is -2.12. The van der Waals surface area contributed by atoms with Crippen molar-refractivity contribution < 1.29 is 18.9 Å². The predicted molar refractivity (Wildman–Crippen MR) is 107 cm³/mol. The van der Waals surface area contributed by atoms with Gasteiger partial charge in [-0.25, -0.2) is 0 Å². The van der Waals surface area contributed by atoms with Crippen LogP contribution in [-0.4, -0.2) is 13.9 Å². The van der Waals surface area contributed by atoms with Gasteiger partial charge in [0.05, 0.1) is 7.11 Å². The molecule has 1 aliphatic rings. The first-order valence-corrected chi connectivity index (χ1v) is 9.25. The van der Waals surface area contributed by atoms with Crippen molar-refractivity contribution in [1.82, 2.24) is 5.32 Å². The monoisotopic (exact) mass is 377 g/mol. The maximum Gasteiger partial charge on any atom is 0.231 e. The van der Waals surface area contributed by atoms with Gasteiger partial charge < -0.3 is 24.3 Å². The Bertz CT molecular complexity index is 927. The van der Waals surface area contributed by atoms with Gasteiger partial charge in [-0.2, -0.15) is 0 Å². The average molecular weight is 377 g/mol. The van der Waals surface area contributed by atoms with Gasteiger partial charge in [0, 0.05) is 13.1 Å². The van der Waals surface area contributed by atoms with E-state index in [1.165, 1.54) is 0 Å². The van der Waals surface area contributed by atoms with Crippen molar-refractivity contribution in [2.24, 2.45) is 0 Å². The second-order valence-corrected chi connectivity index (χ2v) is 6.55. The number of ether oxygens (including phenoxy) is 4. The van der Waals surface area contributed by atoms with Crippen molar-refractivity contribution >= 4 is 0 Å². The van der Waals surface area contributed by atoms with Crippen molar-refractivity contribution in [3.63, 3.8) is 0 Å². The lowest BCUT2D eigenvalue weighted by molar-refractivity contribution is 0.174. The molecule has 1 heterocycles. The Balaban J connectivity index is 1.33. The Hall–Kier alpha value is -3.18. The Morgan fingerprint density at radius 2 is 1.54 bits per heavy atom. The van der Waals surface area contributed by atoms with E-state index in [1.54, 1.807) is 7.11 Å². The molecule has 1 aliphatic heterocycles. The molecular weight excluding hydrogens is 354 g/mol. The fourth-order valence-electron chi connectivity index (χ4n) is 3.08. The van der Waals surface area contributed by atoms with E-state index in [0.717, 1.165) is 52.8 Å². The summed E-state index contributed by atoms with van der Waals surface area (Å²) < 4.78 is 22.2. The van der Waals surface area contributed by atoms with Crippen molar-refractivity contribution in [1.29, 1.82) is 0 Å². The number of nitrogens with one attached hydrogen (secondary N) is 1. The highest BCUT2D eigenvalue weighted by Gasteiger charge is 2.13. The van der Waals surface area contributed by atoms with E-state index in [2.05, 4.69) is 11.4 Å². The molecule has 0 atom stereocenters. The van der Waals surface area contributed by atoms with Crippen LogP contribution in [0.3, 0.4) is 0 Å². The molecule has 28 heavy (non-hydrogen) atoms. The molecule has 0 saturated heterocycles. The molecule has 0 aliphatic carbocycles. The summed E-state index contributed by atoms with van der Waals surface area (Å²) in [6, 6.07) is 22.1. The molecule has 0 bridgehead atoms. The van der Waals surface area contributed by atoms with Crippen LogP contribution in [0.1, 0.15) is 16.7 Å². The number of rotatable bonds is 8. The van der Waals surface area contributed by atoms with Crippen LogP contribution in [0.2, 0.25) is 0 Å². The summed E-state index contributed by atoms with van der Waals surface area (Å²) in [6.07, 6.45) is 0. The molecule has 4 rings (SSSR count). The Kier molecular flexibility index (Phi) is 5.64. The van der Waals surface area contributed by atoms with Gasteiger partial charge in [-0.15, -0.1) is 0 Å². The maximum atomic E-state index is 5.91. The molecule has 5 heteroatoms. The first kappa shape index (κ1) is 18.2. The van der Waals surface area contributed by atoms with Gasteiger partial charge >= 0.3 is 0 Å². The second-order valence-electron chi connectivity index (χ2n) is 6.55. The van der Waals surface area contributed by atoms with Crippen LogP contribution in [-0.2, 0) is 19.7 Å². The zero-order valence-electron chi connectivity index (χ0n) is 15.8. The van der Waals surface area contributed by atoms with E-state index in [1.807, 2.05) is 60.7 Å². The van der Waals surface area contributed by atoms with E-state index in [4.69, 9.17) is 18.9 Å². The van der Waals surface area contributed by atoms with E-state index in [-0.39, 0.29) is 0 Å². The van der Waals surface area contributed by atoms with Crippen LogP contribution in [0, 0.1) is 0 Å². The number of methoxy groups -OCH3 is 1. The topological polar surface area (TPSA) is 49.0 Å². The molecule has 5 nitrogen and oxygen atoms in total. The molecule has 0 radical (unpaired) electrons. The Morgan fingerprint density at radius 3 is 2.36 bits per heavy atom. The number of hydrogen-bond donors (Lipinski definition) is 1. The summed E-state index contributed by atoms with van der Waals surface area (Å²) in [5.41, 5.74) is 3.41. The highest BCUT2D eigenvalue weighted by Crippen LogP contribution is 2.32. The average Bonchev–Trinajstić information content (AvgIpc) is 3.21. The lowest BCUT2D eigenvalue weighted by atomic mass is 10.1. The molecule has 1 N–H and O–H groups in total. The molecule has 0 unspecified atom stereocenters. The molecule has 0 aromatic heterocycles. The van der Waals surface area contributed by atoms with Crippen molar-refractivity contribution in [3.8, 4) is 23.0 Å². The van der Waals surface area contributed by atoms with Crippen LogP contribution >= 0.6 is 0 Å². The zero-order valence-corrected chi connectivity index (χ0v) is 15.8. The fourth-order valence-corrected chi connectivity index (χ4v) is 3.08.